The van der Waals surface area contributed by atoms with Crippen molar-refractivity contribution in [3.8, 4) is 0 Å². The predicted molar refractivity (Wildman–Crippen MR) is 65.8 cm³/mol. The number of pyridine rings is 1. The predicted octanol–water partition coefficient (Wildman–Crippen LogP) is 4.55. The fourth-order valence-corrected chi connectivity index (χ4v) is 2.47. The van der Waals surface area contributed by atoms with Crippen LogP contribution in [0.2, 0.25) is 10.0 Å². The summed E-state index contributed by atoms with van der Waals surface area (Å²) in [5.74, 6) is -0.383. The van der Waals surface area contributed by atoms with Gasteiger partial charge in [-0.05, 0) is 31.0 Å². The molecule has 0 amide bonds. The molecular formula is C12H10Cl2FN. The number of halogens is 3. The summed E-state index contributed by atoms with van der Waals surface area (Å²) in [5, 5.41) is 1.16. The van der Waals surface area contributed by atoms with Gasteiger partial charge in [-0.2, -0.15) is 0 Å². The molecule has 1 aromatic carbocycles. The second-order valence-electron chi connectivity index (χ2n) is 3.60. The molecule has 1 heterocycles. The van der Waals surface area contributed by atoms with Crippen LogP contribution >= 0.6 is 23.2 Å². The van der Waals surface area contributed by atoms with Gasteiger partial charge < -0.3 is 0 Å². The molecule has 84 valence electrons. The molecule has 4 heteroatoms. The number of rotatable bonds is 1. The van der Waals surface area contributed by atoms with E-state index in [1.807, 2.05) is 13.8 Å². The zero-order chi connectivity index (χ0) is 11.9. The van der Waals surface area contributed by atoms with E-state index in [1.54, 1.807) is 0 Å². The van der Waals surface area contributed by atoms with Gasteiger partial charge in [-0.1, -0.05) is 30.1 Å². The quantitative estimate of drug-likeness (QED) is 0.731. The van der Waals surface area contributed by atoms with Gasteiger partial charge in [-0.3, -0.25) is 4.98 Å². The van der Waals surface area contributed by atoms with Gasteiger partial charge in [0.05, 0.1) is 20.9 Å². The van der Waals surface area contributed by atoms with Gasteiger partial charge in [-0.15, -0.1) is 0 Å². The van der Waals surface area contributed by atoms with Crippen LogP contribution in [0, 0.1) is 12.7 Å². The Morgan fingerprint density at radius 2 is 2.00 bits per heavy atom. The average molecular weight is 258 g/mol. The van der Waals surface area contributed by atoms with Crippen LogP contribution < -0.4 is 0 Å². The third kappa shape index (κ3) is 1.66. The van der Waals surface area contributed by atoms with Crippen molar-refractivity contribution in [2.75, 3.05) is 0 Å². The Hall–Kier alpha value is -0.860. The number of nitrogens with zero attached hydrogens (tertiary/aromatic N) is 1. The first-order valence-corrected chi connectivity index (χ1v) is 5.74. The van der Waals surface area contributed by atoms with Crippen LogP contribution in [0.5, 0.6) is 0 Å². The molecule has 0 aliphatic carbocycles. The van der Waals surface area contributed by atoms with E-state index in [-0.39, 0.29) is 5.82 Å². The topological polar surface area (TPSA) is 12.9 Å². The molecule has 0 spiro atoms. The maximum absolute atomic E-state index is 13.7. The van der Waals surface area contributed by atoms with Crippen LogP contribution in [0.1, 0.15) is 18.2 Å². The largest absolute Gasteiger partial charge is 0.251 e. The lowest BCUT2D eigenvalue weighted by Gasteiger charge is -2.10. The van der Waals surface area contributed by atoms with Crippen LogP contribution in [0.4, 0.5) is 4.39 Å². The molecule has 0 aliphatic rings. The summed E-state index contributed by atoms with van der Waals surface area (Å²) >= 11 is 12.2. The second kappa shape index (κ2) is 4.19. The Kier molecular flexibility index (Phi) is 3.04. The van der Waals surface area contributed by atoms with Crippen molar-refractivity contribution < 1.29 is 4.39 Å². The Bertz CT molecular complexity index is 567. The fraction of sp³-hybridized carbons (Fsp3) is 0.250. The lowest BCUT2D eigenvalue weighted by Crippen LogP contribution is -1.96. The van der Waals surface area contributed by atoms with Crippen LogP contribution in [-0.2, 0) is 6.42 Å². The number of hydrogen-bond acceptors (Lipinski definition) is 1. The van der Waals surface area contributed by atoms with E-state index in [0.29, 0.717) is 20.9 Å². The zero-order valence-corrected chi connectivity index (χ0v) is 10.5. The van der Waals surface area contributed by atoms with Gasteiger partial charge in [0.15, 0.2) is 0 Å². The second-order valence-corrected chi connectivity index (χ2v) is 4.38. The monoisotopic (exact) mass is 257 g/mol. The summed E-state index contributed by atoms with van der Waals surface area (Å²) in [6, 6.07) is 2.81. The molecule has 0 unspecified atom stereocenters. The van der Waals surface area contributed by atoms with E-state index in [9.17, 15) is 4.39 Å². The molecule has 16 heavy (non-hydrogen) atoms. The maximum atomic E-state index is 13.7. The highest BCUT2D eigenvalue weighted by Crippen LogP contribution is 2.33. The number of fused-ring (bicyclic) bond motifs is 1. The third-order valence-corrected chi connectivity index (χ3v) is 3.35. The molecule has 2 rings (SSSR count). The van der Waals surface area contributed by atoms with E-state index in [0.717, 1.165) is 17.7 Å². The van der Waals surface area contributed by atoms with Crippen molar-refractivity contribution in [2.45, 2.75) is 20.3 Å². The smallest absolute Gasteiger partial charge is 0.134 e. The minimum absolute atomic E-state index is 0.316. The van der Waals surface area contributed by atoms with E-state index in [1.165, 1.54) is 12.1 Å². The highest BCUT2D eigenvalue weighted by Gasteiger charge is 2.15. The first kappa shape index (κ1) is 11.6. The highest BCUT2D eigenvalue weighted by atomic mass is 35.5. The minimum Gasteiger partial charge on any atom is -0.251 e. The van der Waals surface area contributed by atoms with Crippen LogP contribution in [-0.4, -0.2) is 4.98 Å². The van der Waals surface area contributed by atoms with Gasteiger partial charge in [0, 0.05) is 5.69 Å². The average Bonchev–Trinajstić information content (AvgIpc) is 2.24. The number of hydrogen-bond donors (Lipinski definition) is 0. The lowest BCUT2D eigenvalue weighted by molar-refractivity contribution is 0.639. The molecule has 0 bridgehead atoms. The maximum Gasteiger partial charge on any atom is 0.134 e. The lowest BCUT2D eigenvalue weighted by atomic mass is 10.1. The Labute approximate surface area is 103 Å². The van der Waals surface area contributed by atoms with E-state index >= 15 is 0 Å². The summed E-state index contributed by atoms with van der Waals surface area (Å²) in [4.78, 5) is 4.31. The molecule has 0 fully saturated rings. The summed E-state index contributed by atoms with van der Waals surface area (Å²) in [5.41, 5.74) is 2.10. The number of aryl methyl sites for hydroxylation is 1. The molecule has 0 radical (unpaired) electrons. The SMILES string of the molecule is CCc1c(C)nc2c(Cl)ccc(F)c2c1Cl. The molecule has 0 aliphatic heterocycles. The molecule has 2 aromatic rings. The van der Waals surface area contributed by atoms with E-state index in [4.69, 9.17) is 23.2 Å². The van der Waals surface area contributed by atoms with Crippen molar-refractivity contribution in [1.82, 2.24) is 4.98 Å². The zero-order valence-electron chi connectivity index (χ0n) is 8.94. The summed E-state index contributed by atoms with van der Waals surface area (Å²) in [6.45, 7) is 3.82. The summed E-state index contributed by atoms with van der Waals surface area (Å²) in [7, 11) is 0. The van der Waals surface area contributed by atoms with Gasteiger partial charge in [0.2, 0.25) is 0 Å². The molecular weight excluding hydrogens is 248 g/mol. The van der Waals surface area contributed by atoms with E-state index in [2.05, 4.69) is 4.98 Å². The van der Waals surface area contributed by atoms with Crippen molar-refractivity contribution in [2.24, 2.45) is 0 Å². The molecule has 0 saturated carbocycles. The third-order valence-electron chi connectivity index (χ3n) is 2.63. The van der Waals surface area contributed by atoms with Gasteiger partial charge in [-0.25, -0.2) is 4.39 Å². The van der Waals surface area contributed by atoms with Crippen molar-refractivity contribution in [3.63, 3.8) is 0 Å². The summed E-state index contributed by atoms with van der Waals surface area (Å²) < 4.78 is 13.7. The first-order valence-electron chi connectivity index (χ1n) is 4.99. The van der Waals surface area contributed by atoms with Crippen molar-refractivity contribution in [1.29, 1.82) is 0 Å². The van der Waals surface area contributed by atoms with E-state index < -0.39 is 0 Å². The van der Waals surface area contributed by atoms with Crippen molar-refractivity contribution in [3.05, 3.63) is 39.3 Å². The first-order chi connectivity index (χ1) is 7.56. The Balaban J connectivity index is 2.98. The van der Waals surface area contributed by atoms with Crippen LogP contribution in [0.15, 0.2) is 12.1 Å². The molecule has 0 saturated heterocycles. The molecule has 1 aromatic heterocycles. The fourth-order valence-electron chi connectivity index (χ4n) is 1.82. The van der Waals surface area contributed by atoms with Gasteiger partial charge in [0.25, 0.3) is 0 Å². The van der Waals surface area contributed by atoms with Gasteiger partial charge in [0.1, 0.15) is 5.82 Å². The van der Waals surface area contributed by atoms with Crippen molar-refractivity contribution >= 4 is 34.1 Å². The Morgan fingerprint density at radius 1 is 1.31 bits per heavy atom. The Morgan fingerprint density at radius 3 is 2.62 bits per heavy atom. The normalized spacial score (nSPS) is 11.1. The molecule has 0 N–H and O–H groups in total. The van der Waals surface area contributed by atoms with Gasteiger partial charge >= 0.3 is 0 Å². The van der Waals surface area contributed by atoms with Crippen LogP contribution in [0.25, 0.3) is 10.9 Å². The molecule has 1 nitrogen and oxygen atoms in total. The number of aromatic nitrogens is 1. The highest BCUT2D eigenvalue weighted by molar-refractivity contribution is 6.39. The summed E-state index contributed by atoms with van der Waals surface area (Å²) in [6.07, 6.45) is 0.722. The standard InChI is InChI=1S/C12H10Cl2FN/c1-3-7-6(2)16-12-8(13)4-5-9(15)10(12)11(7)14/h4-5H,3H2,1-2H3. The van der Waals surface area contributed by atoms with Crippen LogP contribution in [0.3, 0.4) is 0 Å². The molecule has 0 atom stereocenters. The minimum atomic E-state index is -0.383. The number of benzene rings is 1.